The molecule has 9 atom stereocenters. The Hall–Kier alpha value is -3.39. The van der Waals surface area contributed by atoms with Crippen LogP contribution in [0.25, 0.3) is 0 Å². The van der Waals surface area contributed by atoms with Gasteiger partial charge in [0.05, 0.1) is 48.2 Å². The molecule has 300 valence electrons. The highest BCUT2D eigenvalue weighted by Gasteiger charge is 2.44. The topological polar surface area (TPSA) is 142 Å². The first-order valence-corrected chi connectivity index (χ1v) is 20.6. The van der Waals surface area contributed by atoms with Crippen LogP contribution < -0.4 is 16.0 Å². The predicted octanol–water partition coefficient (Wildman–Crippen LogP) is 4.75. The maximum absolute atomic E-state index is 14.3. The van der Waals surface area contributed by atoms with Crippen molar-refractivity contribution in [3.05, 3.63) is 52.5 Å². The van der Waals surface area contributed by atoms with Crippen molar-refractivity contribution < 1.29 is 28.7 Å². The minimum Gasteiger partial charge on any atom is -0.379 e. The van der Waals surface area contributed by atoms with Gasteiger partial charge in [0.15, 0.2) is 0 Å². The first-order chi connectivity index (χ1) is 25.8. The van der Waals surface area contributed by atoms with Gasteiger partial charge in [0.2, 0.25) is 23.6 Å². The van der Waals surface area contributed by atoms with E-state index < -0.39 is 35.7 Å². The van der Waals surface area contributed by atoms with Crippen LogP contribution in [0.2, 0.25) is 0 Å². The number of likely N-dealkylation sites (tertiary alicyclic amines) is 1. The maximum Gasteiger partial charge on any atom is 0.245 e. The summed E-state index contributed by atoms with van der Waals surface area (Å²) < 4.78 is 12.1. The Morgan fingerprint density at radius 3 is 2.37 bits per heavy atom. The molecule has 0 radical (unpaired) electrons. The van der Waals surface area contributed by atoms with Crippen LogP contribution in [-0.2, 0) is 35.1 Å². The molecule has 2 aliphatic rings. The van der Waals surface area contributed by atoms with Crippen LogP contribution in [0.15, 0.2) is 41.9 Å². The molecule has 0 bridgehead atoms. The van der Waals surface area contributed by atoms with Gasteiger partial charge >= 0.3 is 0 Å². The normalized spacial score (nSPS) is 22.6. The van der Waals surface area contributed by atoms with Gasteiger partial charge in [0.25, 0.3) is 0 Å². The number of nitrogens with one attached hydrogen (secondary N) is 3. The van der Waals surface area contributed by atoms with Crippen LogP contribution in [0.1, 0.15) is 96.7 Å². The first-order valence-electron chi connectivity index (χ1n) is 19.7. The number of thiazole rings is 1. The summed E-state index contributed by atoms with van der Waals surface area (Å²) in [5.41, 5.74) is 0.386. The van der Waals surface area contributed by atoms with E-state index in [1.807, 2.05) is 68.3 Å². The highest BCUT2D eigenvalue weighted by molar-refractivity contribution is 7.09. The van der Waals surface area contributed by atoms with Crippen LogP contribution in [-0.4, -0.2) is 109 Å². The molecule has 0 aliphatic carbocycles. The maximum atomic E-state index is 14.3. The van der Waals surface area contributed by atoms with Gasteiger partial charge in [-0.3, -0.25) is 19.2 Å². The number of nitrogens with zero attached hydrogens (tertiary/aromatic N) is 3. The molecular weight excluding hydrogens is 705 g/mol. The summed E-state index contributed by atoms with van der Waals surface area (Å²) in [6.07, 6.45) is 5.14. The van der Waals surface area contributed by atoms with Gasteiger partial charge in [0.1, 0.15) is 11.0 Å². The third kappa shape index (κ3) is 10.5. The van der Waals surface area contributed by atoms with Crippen molar-refractivity contribution in [2.45, 2.75) is 128 Å². The van der Waals surface area contributed by atoms with E-state index in [2.05, 4.69) is 34.8 Å². The smallest absolute Gasteiger partial charge is 0.245 e. The van der Waals surface area contributed by atoms with Crippen molar-refractivity contribution in [1.29, 1.82) is 0 Å². The fourth-order valence-electron chi connectivity index (χ4n) is 8.19. The van der Waals surface area contributed by atoms with Crippen LogP contribution in [0.3, 0.4) is 0 Å². The first kappa shape index (κ1) is 43.3. The third-order valence-electron chi connectivity index (χ3n) is 11.7. The Morgan fingerprint density at radius 1 is 1.07 bits per heavy atom. The number of likely N-dealkylation sites (N-methyl/N-ethyl adjacent to an activating group) is 1. The second kappa shape index (κ2) is 20.0. The number of aromatic nitrogens is 1. The number of benzene rings is 1. The zero-order valence-corrected chi connectivity index (χ0v) is 34.6. The molecule has 1 aromatic heterocycles. The Kier molecular flexibility index (Phi) is 16.0. The highest BCUT2D eigenvalue weighted by atomic mass is 32.1. The standard InChI is InChI=1S/C41H64N6O6S/c1-10-27(4)35(46(7)39(50)34(26(2)3)45-40(51)41(6)19-15-20-43-41)32(52-8)25-33(48)47-22-14-18-31(47)36(53-9)28(5)37(49)44-30(38-42-21-23-54-38)24-29-16-12-11-13-17-29/h11-13,16-17,21,23,26-28,30-32,34-36,43H,10,14-15,18-20,22,24-25H2,1-9H3,(H,44,49)(H,45,51)/t27-,28+,30?,31-,32+,34-,35-,36+,41+/m0/s1. The fourth-order valence-corrected chi connectivity index (χ4v) is 8.88. The average molecular weight is 769 g/mol. The minimum absolute atomic E-state index is 0.000661. The Bertz CT molecular complexity index is 1500. The molecule has 3 heterocycles. The summed E-state index contributed by atoms with van der Waals surface area (Å²) in [5, 5.41) is 12.3. The lowest BCUT2D eigenvalue weighted by Crippen LogP contribution is -2.61. The number of methoxy groups -OCH3 is 2. The van der Waals surface area contributed by atoms with Gasteiger partial charge in [-0.2, -0.15) is 0 Å². The van der Waals surface area contributed by atoms with E-state index >= 15 is 0 Å². The van der Waals surface area contributed by atoms with Crippen LogP contribution in [0.5, 0.6) is 0 Å². The lowest BCUT2D eigenvalue weighted by Gasteiger charge is -2.41. The molecule has 13 heteroatoms. The lowest BCUT2D eigenvalue weighted by molar-refractivity contribution is -0.148. The SMILES string of the molecule is CC[C@H](C)[C@@H]([C@@H](CC(=O)N1CCC[C@H]1[C@H](OC)[C@@H](C)C(=O)NC(Cc1ccccc1)c1nccs1)OC)N(C)C(=O)[C@@H](NC(=O)[C@@]1(C)CCCN1)C(C)C. The molecule has 4 rings (SSSR count). The van der Waals surface area contributed by atoms with Gasteiger partial charge in [-0.05, 0) is 63.0 Å². The molecule has 1 unspecified atom stereocenters. The van der Waals surface area contributed by atoms with E-state index in [0.29, 0.717) is 25.8 Å². The van der Waals surface area contributed by atoms with Crippen LogP contribution in [0, 0.1) is 17.8 Å². The average Bonchev–Trinajstić information content (AvgIpc) is 3.97. The van der Waals surface area contributed by atoms with E-state index in [-0.39, 0.29) is 54.0 Å². The van der Waals surface area contributed by atoms with Crippen molar-refractivity contribution in [1.82, 2.24) is 30.7 Å². The van der Waals surface area contributed by atoms with Crippen molar-refractivity contribution in [2.75, 3.05) is 34.4 Å². The summed E-state index contributed by atoms with van der Waals surface area (Å²) in [7, 11) is 4.94. The predicted molar refractivity (Wildman–Crippen MR) is 212 cm³/mol. The molecular formula is C41H64N6O6S. The largest absolute Gasteiger partial charge is 0.379 e. The summed E-state index contributed by atoms with van der Waals surface area (Å²) in [6, 6.07) is 8.26. The van der Waals surface area contributed by atoms with Gasteiger partial charge < -0.3 is 35.2 Å². The van der Waals surface area contributed by atoms with Crippen molar-refractivity contribution >= 4 is 35.0 Å². The summed E-state index contributed by atoms with van der Waals surface area (Å²) in [6.45, 7) is 13.0. The number of carbonyl (C=O) groups excluding carboxylic acids is 4. The second-order valence-electron chi connectivity index (χ2n) is 15.8. The highest BCUT2D eigenvalue weighted by Crippen LogP contribution is 2.31. The van der Waals surface area contributed by atoms with E-state index in [0.717, 1.165) is 36.4 Å². The zero-order valence-electron chi connectivity index (χ0n) is 33.8. The number of rotatable bonds is 19. The van der Waals surface area contributed by atoms with Gasteiger partial charge in [-0.25, -0.2) is 4.98 Å². The molecule has 54 heavy (non-hydrogen) atoms. The fraction of sp³-hybridized carbons (Fsp3) is 0.683. The van der Waals surface area contributed by atoms with E-state index in [9.17, 15) is 19.2 Å². The number of hydrogen-bond donors (Lipinski definition) is 3. The molecule has 0 saturated carbocycles. The summed E-state index contributed by atoms with van der Waals surface area (Å²) in [4.78, 5) is 63.8. The number of amides is 4. The van der Waals surface area contributed by atoms with Gasteiger partial charge in [0, 0.05) is 39.4 Å². The summed E-state index contributed by atoms with van der Waals surface area (Å²) in [5.74, 6) is -1.35. The molecule has 2 saturated heterocycles. The molecule has 2 fully saturated rings. The molecule has 2 aromatic rings. The number of ether oxygens (including phenoxy) is 2. The van der Waals surface area contributed by atoms with Crippen LogP contribution in [0.4, 0.5) is 0 Å². The monoisotopic (exact) mass is 768 g/mol. The minimum atomic E-state index is -0.734. The Balaban J connectivity index is 1.47. The van der Waals surface area contributed by atoms with Crippen molar-refractivity contribution in [3.63, 3.8) is 0 Å². The van der Waals surface area contributed by atoms with Crippen LogP contribution >= 0.6 is 11.3 Å². The van der Waals surface area contributed by atoms with Crippen molar-refractivity contribution in [2.24, 2.45) is 17.8 Å². The molecule has 3 N–H and O–H groups in total. The van der Waals surface area contributed by atoms with Crippen molar-refractivity contribution in [3.8, 4) is 0 Å². The molecule has 12 nitrogen and oxygen atoms in total. The van der Waals surface area contributed by atoms with Gasteiger partial charge in [-0.1, -0.05) is 71.4 Å². The zero-order chi connectivity index (χ0) is 39.6. The third-order valence-corrected chi connectivity index (χ3v) is 12.6. The van der Waals surface area contributed by atoms with E-state index in [4.69, 9.17) is 9.47 Å². The number of hydrogen-bond acceptors (Lipinski definition) is 9. The number of carbonyl (C=O) groups is 4. The quantitative estimate of drug-likeness (QED) is 0.186. The molecule has 4 amide bonds. The van der Waals surface area contributed by atoms with Gasteiger partial charge in [-0.15, -0.1) is 11.3 Å². The second-order valence-corrected chi connectivity index (χ2v) is 16.7. The summed E-state index contributed by atoms with van der Waals surface area (Å²) >= 11 is 1.51. The lowest BCUT2D eigenvalue weighted by atomic mass is 9.89. The molecule has 2 aliphatic heterocycles. The van der Waals surface area contributed by atoms with E-state index in [1.165, 1.54) is 11.3 Å². The Labute approximate surface area is 326 Å². The van der Waals surface area contributed by atoms with E-state index in [1.54, 1.807) is 32.4 Å². The molecule has 1 aromatic carbocycles. The Morgan fingerprint density at radius 2 is 1.80 bits per heavy atom. The molecule has 0 spiro atoms.